The molecule has 2 amide bonds. The third kappa shape index (κ3) is 6.23. The van der Waals surface area contributed by atoms with Gasteiger partial charge in [0.1, 0.15) is 5.82 Å². The SMILES string of the molecule is CN1CCC(C(=O)N[C@@H](CCCCCC(N)=O)c2ncc(-c3ccc4ccccc4c3)[nH]2)CC1. The highest BCUT2D eigenvalue weighted by molar-refractivity contribution is 5.86. The van der Waals surface area contributed by atoms with Gasteiger partial charge in [0, 0.05) is 17.9 Å². The molecule has 180 valence electrons. The van der Waals surface area contributed by atoms with E-state index in [9.17, 15) is 9.59 Å². The monoisotopic (exact) mass is 461 g/mol. The van der Waals surface area contributed by atoms with Gasteiger partial charge in [0.2, 0.25) is 11.8 Å². The molecule has 0 radical (unpaired) electrons. The van der Waals surface area contributed by atoms with Crippen LogP contribution in [0.2, 0.25) is 0 Å². The second-order valence-corrected chi connectivity index (χ2v) is 9.45. The molecule has 4 rings (SSSR count). The van der Waals surface area contributed by atoms with E-state index in [0.29, 0.717) is 6.42 Å². The number of primary amides is 1. The molecule has 3 aromatic rings. The maximum Gasteiger partial charge on any atom is 0.223 e. The first-order valence-electron chi connectivity index (χ1n) is 12.3. The Morgan fingerprint density at radius 3 is 2.65 bits per heavy atom. The van der Waals surface area contributed by atoms with Gasteiger partial charge in [-0.2, -0.15) is 0 Å². The smallest absolute Gasteiger partial charge is 0.223 e. The molecule has 1 aliphatic rings. The molecule has 1 saturated heterocycles. The molecule has 2 heterocycles. The number of benzene rings is 2. The van der Waals surface area contributed by atoms with Gasteiger partial charge >= 0.3 is 0 Å². The third-order valence-electron chi connectivity index (χ3n) is 6.81. The molecule has 0 unspecified atom stereocenters. The molecule has 0 bridgehead atoms. The van der Waals surface area contributed by atoms with Crippen LogP contribution in [0, 0.1) is 5.92 Å². The number of imidazole rings is 1. The molecule has 34 heavy (non-hydrogen) atoms. The van der Waals surface area contributed by atoms with Gasteiger partial charge in [-0.3, -0.25) is 9.59 Å². The fraction of sp³-hybridized carbons (Fsp3) is 0.444. The molecule has 0 saturated carbocycles. The highest BCUT2D eigenvalue weighted by Crippen LogP contribution is 2.26. The number of nitrogens with two attached hydrogens (primary N) is 1. The van der Waals surface area contributed by atoms with E-state index in [1.54, 1.807) is 0 Å². The number of hydrogen-bond acceptors (Lipinski definition) is 4. The van der Waals surface area contributed by atoms with Crippen LogP contribution in [0.25, 0.3) is 22.0 Å². The van der Waals surface area contributed by atoms with E-state index in [-0.39, 0.29) is 23.8 Å². The summed E-state index contributed by atoms with van der Waals surface area (Å²) in [6.07, 6.45) is 7.33. The Bertz CT molecular complexity index is 1120. The molecular formula is C27H35N5O2. The number of carbonyl (C=O) groups is 2. The molecule has 2 aromatic carbocycles. The van der Waals surface area contributed by atoms with Crippen LogP contribution in [-0.2, 0) is 9.59 Å². The first-order valence-corrected chi connectivity index (χ1v) is 12.3. The molecule has 7 heteroatoms. The van der Waals surface area contributed by atoms with Crippen molar-refractivity contribution in [1.82, 2.24) is 20.2 Å². The minimum absolute atomic E-state index is 0.0449. The fourth-order valence-corrected chi connectivity index (χ4v) is 4.68. The van der Waals surface area contributed by atoms with Crippen molar-refractivity contribution >= 4 is 22.6 Å². The van der Waals surface area contributed by atoms with Gasteiger partial charge in [0.05, 0.1) is 17.9 Å². The van der Waals surface area contributed by atoms with Gasteiger partial charge in [-0.25, -0.2) is 4.98 Å². The lowest BCUT2D eigenvalue weighted by atomic mass is 9.95. The van der Waals surface area contributed by atoms with Gasteiger partial charge < -0.3 is 20.9 Å². The zero-order valence-corrected chi connectivity index (χ0v) is 19.9. The minimum atomic E-state index is -0.266. The Morgan fingerprint density at radius 1 is 1.12 bits per heavy atom. The maximum atomic E-state index is 13.1. The summed E-state index contributed by atoms with van der Waals surface area (Å²) in [5.41, 5.74) is 7.27. The molecule has 1 aliphatic heterocycles. The summed E-state index contributed by atoms with van der Waals surface area (Å²) in [5.74, 6) is 0.667. The van der Waals surface area contributed by atoms with Crippen molar-refractivity contribution in [2.24, 2.45) is 11.7 Å². The van der Waals surface area contributed by atoms with Crippen molar-refractivity contribution in [3.05, 3.63) is 54.5 Å². The van der Waals surface area contributed by atoms with Crippen molar-refractivity contribution in [3.63, 3.8) is 0 Å². The van der Waals surface area contributed by atoms with Crippen molar-refractivity contribution in [3.8, 4) is 11.3 Å². The average Bonchev–Trinajstić information content (AvgIpc) is 3.33. The van der Waals surface area contributed by atoms with E-state index in [2.05, 4.69) is 57.6 Å². The number of nitrogens with one attached hydrogen (secondary N) is 2. The topological polar surface area (TPSA) is 104 Å². The number of aromatic nitrogens is 2. The number of rotatable bonds is 10. The molecule has 7 nitrogen and oxygen atoms in total. The number of hydrogen-bond donors (Lipinski definition) is 3. The highest BCUT2D eigenvalue weighted by Gasteiger charge is 2.26. The van der Waals surface area contributed by atoms with E-state index in [0.717, 1.165) is 68.7 Å². The number of unbranched alkanes of at least 4 members (excludes halogenated alkanes) is 2. The largest absolute Gasteiger partial charge is 0.370 e. The van der Waals surface area contributed by atoms with Crippen LogP contribution in [0.1, 0.15) is 56.8 Å². The second-order valence-electron chi connectivity index (χ2n) is 9.45. The Morgan fingerprint density at radius 2 is 1.88 bits per heavy atom. The van der Waals surface area contributed by atoms with E-state index in [1.165, 1.54) is 10.8 Å². The summed E-state index contributed by atoms with van der Waals surface area (Å²) < 4.78 is 0. The first-order chi connectivity index (χ1) is 16.5. The van der Waals surface area contributed by atoms with Crippen molar-refractivity contribution in [2.45, 2.75) is 51.0 Å². The lowest BCUT2D eigenvalue weighted by Gasteiger charge is -2.29. The average molecular weight is 462 g/mol. The standard InChI is InChI=1S/C27H35N5O2/c1-32-15-13-20(14-16-32)27(34)31-23(9-3-2-4-10-25(28)33)26-29-18-24(30-26)22-12-11-19-7-5-6-8-21(19)17-22/h5-8,11-12,17-18,20,23H,2-4,9-10,13-16H2,1H3,(H2,28,33)(H,29,30)(H,31,34)/t23-/m0/s1. The zero-order valence-electron chi connectivity index (χ0n) is 19.9. The summed E-state index contributed by atoms with van der Waals surface area (Å²) in [6.45, 7) is 1.89. The number of carbonyl (C=O) groups excluding carboxylic acids is 2. The van der Waals surface area contributed by atoms with Crippen LogP contribution in [0.3, 0.4) is 0 Å². The number of likely N-dealkylation sites (tertiary alicyclic amines) is 1. The van der Waals surface area contributed by atoms with Crippen LogP contribution in [-0.4, -0.2) is 46.8 Å². The van der Waals surface area contributed by atoms with E-state index >= 15 is 0 Å². The number of fused-ring (bicyclic) bond motifs is 1. The fourth-order valence-electron chi connectivity index (χ4n) is 4.68. The molecule has 1 fully saturated rings. The summed E-state index contributed by atoms with van der Waals surface area (Å²) in [6, 6.07) is 14.5. The Hall–Kier alpha value is -3.19. The number of nitrogens with zero attached hydrogens (tertiary/aromatic N) is 2. The van der Waals surface area contributed by atoms with Crippen molar-refractivity contribution in [1.29, 1.82) is 0 Å². The van der Waals surface area contributed by atoms with Crippen LogP contribution in [0.15, 0.2) is 48.7 Å². The summed E-state index contributed by atoms with van der Waals surface area (Å²) in [7, 11) is 2.10. The van der Waals surface area contributed by atoms with E-state index < -0.39 is 0 Å². The van der Waals surface area contributed by atoms with Gasteiger partial charge in [0.15, 0.2) is 0 Å². The normalized spacial score (nSPS) is 15.9. The number of amides is 2. The maximum absolute atomic E-state index is 13.1. The Labute approximate surface area is 201 Å². The quantitative estimate of drug-likeness (QED) is 0.394. The van der Waals surface area contributed by atoms with Gasteiger partial charge in [-0.1, -0.05) is 49.2 Å². The number of aromatic amines is 1. The summed E-state index contributed by atoms with van der Waals surface area (Å²) in [5, 5.41) is 5.65. The molecular weight excluding hydrogens is 426 g/mol. The molecule has 1 atom stereocenters. The molecule has 0 spiro atoms. The van der Waals surface area contributed by atoms with Gasteiger partial charge in [0.25, 0.3) is 0 Å². The predicted octanol–water partition coefficient (Wildman–Crippen LogP) is 4.16. The number of H-pyrrole nitrogens is 1. The van der Waals surface area contributed by atoms with Crippen LogP contribution in [0.4, 0.5) is 0 Å². The van der Waals surface area contributed by atoms with Crippen LogP contribution < -0.4 is 11.1 Å². The molecule has 0 aliphatic carbocycles. The summed E-state index contributed by atoms with van der Waals surface area (Å²) >= 11 is 0. The van der Waals surface area contributed by atoms with E-state index in [1.807, 2.05) is 18.3 Å². The summed E-state index contributed by atoms with van der Waals surface area (Å²) in [4.78, 5) is 34.5. The van der Waals surface area contributed by atoms with Gasteiger partial charge in [-0.05, 0) is 62.7 Å². The lowest BCUT2D eigenvalue weighted by molar-refractivity contribution is -0.127. The van der Waals surface area contributed by atoms with E-state index in [4.69, 9.17) is 5.73 Å². The van der Waals surface area contributed by atoms with Gasteiger partial charge in [-0.15, -0.1) is 0 Å². The lowest BCUT2D eigenvalue weighted by Crippen LogP contribution is -2.40. The van der Waals surface area contributed by atoms with Crippen LogP contribution in [0.5, 0.6) is 0 Å². The first kappa shape index (κ1) is 24.0. The second kappa shape index (κ2) is 11.3. The Kier molecular flexibility index (Phi) is 7.95. The predicted molar refractivity (Wildman–Crippen MR) is 135 cm³/mol. The number of piperidine rings is 1. The minimum Gasteiger partial charge on any atom is -0.370 e. The van der Waals surface area contributed by atoms with Crippen molar-refractivity contribution < 1.29 is 9.59 Å². The third-order valence-corrected chi connectivity index (χ3v) is 6.81. The molecule has 4 N–H and O–H groups in total. The van der Waals surface area contributed by atoms with Crippen molar-refractivity contribution in [2.75, 3.05) is 20.1 Å². The van der Waals surface area contributed by atoms with Crippen LogP contribution >= 0.6 is 0 Å². The zero-order chi connectivity index (χ0) is 23.9. The Balaban J connectivity index is 1.47. The molecule has 1 aromatic heterocycles. The highest BCUT2D eigenvalue weighted by atomic mass is 16.2.